The number of thiocarbonyl (C=S) groups is 1. The molecule has 0 radical (unpaired) electrons. The van der Waals surface area contributed by atoms with E-state index < -0.39 is 0 Å². The summed E-state index contributed by atoms with van der Waals surface area (Å²) in [7, 11) is 1.62. The first kappa shape index (κ1) is 19.6. The number of nitrogens with zero attached hydrogens (tertiary/aromatic N) is 1. The molecular weight excluding hydrogens is 368 g/mol. The van der Waals surface area contributed by atoms with Crippen LogP contribution in [0.25, 0.3) is 11.5 Å². The SMILES string of the molecule is COc1cccc(NC(=S)C(=C(O)c2ccc(C)c(C)c2)[n+]2ccccc2)c1. The van der Waals surface area contributed by atoms with E-state index in [4.69, 9.17) is 17.0 Å². The number of rotatable bonds is 5. The summed E-state index contributed by atoms with van der Waals surface area (Å²) in [5, 5.41) is 14.3. The van der Waals surface area contributed by atoms with Gasteiger partial charge in [-0.25, -0.2) is 0 Å². The molecule has 1 heterocycles. The van der Waals surface area contributed by atoms with Crippen LogP contribution in [0.4, 0.5) is 5.69 Å². The van der Waals surface area contributed by atoms with Crippen molar-refractivity contribution in [1.82, 2.24) is 0 Å². The molecule has 0 unspecified atom stereocenters. The maximum Gasteiger partial charge on any atom is 0.288 e. The summed E-state index contributed by atoms with van der Waals surface area (Å²) in [6.45, 7) is 4.07. The van der Waals surface area contributed by atoms with Gasteiger partial charge in [0.05, 0.1) is 7.11 Å². The third kappa shape index (κ3) is 4.38. The van der Waals surface area contributed by atoms with E-state index in [1.807, 2.05) is 86.9 Å². The zero-order chi connectivity index (χ0) is 20.1. The van der Waals surface area contributed by atoms with Crippen LogP contribution in [0.5, 0.6) is 5.75 Å². The lowest BCUT2D eigenvalue weighted by molar-refractivity contribution is -0.575. The molecule has 4 nitrogen and oxygen atoms in total. The van der Waals surface area contributed by atoms with E-state index in [-0.39, 0.29) is 5.76 Å². The van der Waals surface area contributed by atoms with E-state index in [1.165, 1.54) is 5.56 Å². The molecule has 2 aromatic carbocycles. The van der Waals surface area contributed by atoms with Crippen molar-refractivity contribution in [3.05, 3.63) is 89.7 Å². The molecule has 0 fully saturated rings. The number of pyridine rings is 1. The molecule has 0 spiro atoms. The smallest absolute Gasteiger partial charge is 0.288 e. The summed E-state index contributed by atoms with van der Waals surface area (Å²) in [5.41, 5.74) is 4.27. The molecule has 1 aromatic heterocycles. The Hall–Kier alpha value is -3.18. The monoisotopic (exact) mass is 391 g/mol. The molecule has 0 atom stereocenters. The Morgan fingerprint density at radius 3 is 2.39 bits per heavy atom. The number of hydrogen-bond acceptors (Lipinski definition) is 3. The molecule has 3 aromatic rings. The lowest BCUT2D eigenvalue weighted by atomic mass is 10.0. The number of aromatic nitrogens is 1. The number of aliphatic hydroxyl groups is 1. The van der Waals surface area contributed by atoms with E-state index in [0.717, 1.165) is 17.0 Å². The molecule has 0 aliphatic carbocycles. The number of anilines is 1. The second kappa shape index (κ2) is 8.67. The van der Waals surface area contributed by atoms with Crippen molar-refractivity contribution < 1.29 is 14.4 Å². The van der Waals surface area contributed by atoms with Crippen molar-refractivity contribution in [2.75, 3.05) is 12.4 Å². The number of methoxy groups -OCH3 is 1. The van der Waals surface area contributed by atoms with Crippen LogP contribution in [0, 0.1) is 13.8 Å². The number of benzene rings is 2. The van der Waals surface area contributed by atoms with Crippen LogP contribution in [0.15, 0.2) is 73.1 Å². The van der Waals surface area contributed by atoms with Gasteiger partial charge in [0.2, 0.25) is 0 Å². The molecule has 0 aliphatic rings. The molecule has 0 saturated carbocycles. The zero-order valence-corrected chi connectivity index (χ0v) is 17.0. The first-order chi connectivity index (χ1) is 13.5. The minimum absolute atomic E-state index is 0.111. The van der Waals surface area contributed by atoms with Crippen LogP contribution >= 0.6 is 12.2 Å². The average Bonchev–Trinajstić information content (AvgIpc) is 2.71. The standard InChI is InChI=1S/C23H22N2O2S/c1-16-10-11-18(14-17(16)2)22(26)21(25-12-5-4-6-13-25)23(28)24-19-8-7-9-20(15-19)27-3/h4-15H,1-3H3,(H-,24,26,28)/p+1. The second-order valence-electron chi connectivity index (χ2n) is 6.47. The second-order valence-corrected chi connectivity index (χ2v) is 6.87. The lowest BCUT2D eigenvalue weighted by Crippen LogP contribution is -2.38. The maximum absolute atomic E-state index is 11.1. The van der Waals surface area contributed by atoms with Gasteiger partial charge in [0.15, 0.2) is 23.1 Å². The summed E-state index contributed by atoms with van der Waals surface area (Å²) in [6.07, 6.45) is 3.71. The molecule has 0 saturated heterocycles. The highest BCUT2D eigenvalue weighted by molar-refractivity contribution is 7.81. The van der Waals surface area contributed by atoms with Crippen LogP contribution in [0.1, 0.15) is 16.7 Å². The number of ether oxygens (including phenoxy) is 1. The van der Waals surface area contributed by atoms with Gasteiger partial charge in [-0.3, -0.25) is 0 Å². The normalized spacial score (nSPS) is 11.5. The highest BCUT2D eigenvalue weighted by atomic mass is 32.1. The Labute approximate surface area is 170 Å². The molecule has 0 aliphatic heterocycles. The van der Waals surface area contributed by atoms with Gasteiger partial charge in [-0.2, -0.15) is 4.57 Å². The molecule has 3 rings (SSSR count). The number of nitrogens with one attached hydrogen (secondary N) is 1. The lowest BCUT2D eigenvalue weighted by Gasteiger charge is -2.11. The Bertz CT molecular complexity index is 1030. The number of aryl methyl sites for hydroxylation is 2. The topological polar surface area (TPSA) is 45.4 Å². The van der Waals surface area contributed by atoms with Gasteiger partial charge in [0, 0.05) is 29.4 Å². The zero-order valence-electron chi connectivity index (χ0n) is 16.1. The van der Waals surface area contributed by atoms with Crippen LogP contribution in [0.2, 0.25) is 0 Å². The van der Waals surface area contributed by atoms with E-state index >= 15 is 0 Å². The summed E-state index contributed by atoms with van der Waals surface area (Å²) >= 11 is 5.66. The summed E-state index contributed by atoms with van der Waals surface area (Å²) in [5.74, 6) is 0.837. The van der Waals surface area contributed by atoms with E-state index in [2.05, 4.69) is 5.32 Å². The fourth-order valence-electron chi connectivity index (χ4n) is 2.81. The Kier molecular flexibility index (Phi) is 6.06. The summed E-state index contributed by atoms with van der Waals surface area (Å²) in [4.78, 5) is 0.403. The third-order valence-corrected chi connectivity index (χ3v) is 4.82. The van der Waals surface area contributed by atoms with E-state index in [1.54, 1.807) is 11.7 Å². The van der Waals surface area contributed by atoms with E-state index in [9.17, 15) is 5.11 Å². The summed E-state index contributed by atoms with van der Waals surface area (Å²) in [6, 6.07) is 19.0. The van der Waals surface area contributed by atoms with Gasteiger partial charge in [-0.1, -0.05) is 36.5 Å². The molecule has 0 bridgehead atoms. The van der Waals surface area contributed by atoms with Crippen LogP contribution in [0.3, 0.4) is 0 Å². The van der Waals surface area contributed by atoms with Gasteiger partial charge < -0.3 is 15.2 Å². The van der Waals surface area contributed by atoms with Gasteiger partial charge in [0.1, 0.15) is 5.75 Å². The minimum Gasteiger partial charge on any atom is -0.502 e. The van der Waals surface area contributed by atoms with Crippen molar-refractivity contribution in [2.24, 2.45) is 0 Å². The van der Waals surface area contributed by atoms with E-state index in [0.29, 0.717) is 16.2 Å². The largest absolute Gasteiger partial charge is 0.502 e. The highest BCUT2D eigenvalue weighted by Crippen LogP contribution is 2.22. The first-order valence-corrected chi connectivity index (χ1v) is 9.33. The minimum atomic E-state index is 0.111. The molecule has 2 N–H and O–H groups in total. The quantitative estimate of drug-likeness (QED) is 0.280. The average molecular weight is 392 g/mol. The van der Waals surface area contributed by atoms with Gasteiger partial charge in [0.25, 0.3) is 5.70 Å². The van der Waals surface area contributed by atoms with Crippen LogP contribution in [-0.4, -0.2) is 17.2 Å². The number of aliphatic hydroxyl groups excluding tert-OH is 1. The van der Waals surface area contributed by atoms with Crippen molar-refractivity contribution in [3.63, 3.8) is 0 Å². The predicted molar refractivity (Wildman–Crippen MR) is 118 cm³/mol. The Balaban J connectivity index is 2.06. The molecule has 142 valence electrons. The van der Waals surface area contributed by atoms with Crippen LogP contribution < -0.4 is 14.6 Å². The molecule has 0 amide bonds. The maximum atomic E-state index is 11.1. The molecular formula is C23H23N2O2S+. The van der Waals surface area contributed by atoms with Crippen molar-refractivity contribution in [2.45, 2.75) is 13.8 Å². The molecule has 5 heteroatoms. The van der Waals surface area contributed by atoms with Crippen molar-refractivity contribution in [3.8, 4) is 5.75 Å². The van der Waals surface area contributed by atoms with Crippen molar-refractivity contribution in [1.29, 1.82) is 0 Å². The molecule has 28 heavy (non-hydrogen) atoms. The van der Waals surface area contributed by atoms with Gasteiger partial charge in [-0.15, -0.1) is 0 Å². The highest BCUT2D eigenvalue weighted by Gasteiger charge is 2.24. The fraction of sp³-hybridized carbons (Fsp3) is 0.130. The van der Waals surface area contributed by atoms with Gasteiger partial charge in [-0.05, 0) is 43.2 Å². The summed E-state index contributed by atoms with van der Waals surface area (Å²) < 4.78 is 7.08. The first-order valence-electron chi connectivity index (χ1n) is 8.92. The Morgan fingerprint density at radius 2 is 1.71 bits per heavy atom. The number of hydrogen-bond donors (Lipinski definition) is 2. The predicted octanol–water partition coefficient (Wildman–Crippen LogP) is 4.92. The van der Waals surface area contributed by atoms with Crippen LogP contribution in [-0.2, 0) is 0 Å². The van der Waals surface area contributed by atoms with Gasteiger partial charge >= 0.3 is 0 Å². The van der Waals surface area contributed by atoms with Crippen molar-refractivity contribution >= 4 is 34.3 Å². The third-order valence-electron chi connectivity index (χ3n) is 4.52. The Morgan fingerprint density at radius 1 is 0.964 bits per heavy atom. The fourth-order valence-corrected chi connectivity index (χ4v) is 3.13.